The molecule has 1 saturated carbocycles. The molecule has 4 rings (SSSR count). The van der Waals surface area contributed by atoms with Gasteiger partial charge in [0.1, 0.15) is 5.82 Å². The Balaban J connectivity index is 1.50. The van der Waals surface area contributed by atoms with Gasteiger partial charge in [-0.3, -0.25) is 4.98 Å². The maximum Gasteiger partial charge on any atom is 0.126 e. The van der Waals surface area contributed by atoms with E-state index in [1.54, 1.807) is 6.20 Å². The average molecular weight is 407 g/mol. The summed E-state index contributed by atoms with van der Waals surface area (Å²) in [6.07, 6.45) is 11.8. The summed E-state index contributed by atoms with van der Waals surface area (Å²) in [4.78, 5) is 8.90. The fourth-order valence-corrected chi connectivity index (χ4v) is 4.12. The Morgan fingerprint density at radius 3 is 2.72 bits per heavy atom. The van der Waals surface area contributed by atoms with E-state index in [-0.39, 0.29) is 0 Å². The number of rotatable bonds is 6. The van der Waals surface area contributed by atoms with E-state index in [1.807, 2.05) is 18.5 Å². The molecule has 1 aliphatic rings. The summed E-state index contributed by atoms with van der Waals surface area (Å²) in [5.41, 5.74) is 5.41. The minimum atomic E-state index is 0.505. The number of nitrogens with zero attached hydrogens (tertiary/aromatic N) is 2. The van der Waals surface area contributed by atoms with Crippen molar-refractivity contribution >= 4 is 23.1 Å². The van der Waals surface area contributed by atoms with Crippen molar-refractivity contribution in [1.82, 2.24) is 9.97 Å². The number of hydrogen-bond acceptors (Lipinski definition) is 4. The predicted octanol–water partition coefficient (Wildman–Crippen LogP) is 6.46. The lowest BCUT2D eigenvalue weighted by Gasteiger charge is -2.23. The zero-order valence-corrected chi connectivity index (χ0v) is 17.5. The molecule has 0 amide bonds. The zero-order valence-electron chi connectivity index (χ0n) is 16.8. The van der Waals surface area contributed by atoms with Crippen LogP contribution in [0.1, 0.15) is 43.2 Å². The second-order valence-corrected chi connectivity index (χ2v) is 8.24. The first-order chi connectivity index (χ1) is 14.2. The molecule has 0 unspecified atom stereocenters. The van der Waals surface area contributed by atoms with Crippen molar-refractivity contribution in [2.45, 2.75) is 51.6 Å². The first-order valence-electron chi connectivity index (χ1n) is 10.3. The van der Waals surface area contributed by atoms with Crippen molar-refractivity contribution in [3.8, 4) is 11.1 Å². The van der Waals surface area contributed by atoms with Crippen LogP contribution in [0.15, 0.2) is 55.0 Å². The quantitative estimate of drug-likeness (QED) is 0.493. The molecule has 2 N–H and O–H groups in total. The lowest BCUT2D eigenvalue weighted by atomic mass is 9.95. The third-order valence-electron chi connectivity index (χ3n) is 5.44. The van der Waals surface area contributed by atoms with Crippen molar-refractivity contribution in [1.29, 1.82) is 0 Å². The topological polar surface area (TPSA) is 49.8 Å². The average Bonchev–Trinajstić information content (AvgIpc) is 2.75. The van der Waals surface area contributed by atoms with Crippen LogP contribution in [-0.2, 0) is 6.54 Å². The highest BCUT2D eigenvalue weighted by Gasteiger charge is 2.15. The van der Waals surface area contributed by atoms with Gasteiger partial charge >= 0.3 is 0 Å². The molecule has 0 radical (unpaired) electrons. The van der Waals surface area contributed by atoms with E-state index >= 15 is 0 Å². The SMILES string of the molecule is Cc1cccc(CNc2cncc(-c3cc(NC4CCCCC4)ncc3Cl)c2)c1. The highest BCUT2D eigenvalue weighted by molar-refractivity contribution is 6.33. The van der Waals surface area contributed by atoms with Crippen molar-refractivity contribution < 1.29 is 0 Å². The van der Waals surface area contributed by atoms with Crippen molar-refractivity contribution in [2.24, 2.45) is 0 Å². The van der Waals surface area contributed by atoms with E-state index in [0.29, 0.717) is 11.1 Å². The summed E-state index contributed by atoms with van der Waals surface area (Å²) in [6, 6.07) is 13.1. The van der Waals surface area contributed by atoms with E-state index < -0.39 is 0 Å². The number of pyridine rings is 2. The molecular weight excluding hydrogens is 380 g/mol. The van der Waals surface area contributed by atoms with Crippen LogP contribution in [0.5, 0.6) is 0 Å². The van der Waals surface area contributed by atoms with Gasteiger partial charge in [0.05, 0.1) is 10.7 Å². The van der Waals surface area contributed by atoms with E-state index in [9.17, 15) is 0 Å². The van der Waals surface area contributed by atoms with Gasteiger partial charge in [-0.1, -0.05) is 60.7 Å². The van der Waals surface area contributed by atoms with Crippen LogP contribution in [-0.4, -0.2) is 16.0 Å². The van der Waals surface area contributed by atoms with Gasteiger partial charge in [0.15, 0.2) is 0 Å². The van der Waals surface area contributed by atoms with Gasteiger partial charge in [-0.15, -0.1) is 0 Å². The van der Waals surface area contributed by atoms with Crippen molar-refractivity contribution in [3.63, 3.8) is 0 Å². The zero-order chi connectivity index (χ0) is 20.1. The Kier molecular flexibility index (Phi) is 6.30. The summed E-state index contributed by atoms with van der Waals surface area (Å²) >= 11 is 6.48. The van der Waals surface area contributed by atoms with Gasteiger partial charge in [0.25, 0.3) is 0 Å². The van der Waals surface area contributed by atoms with Crippen LogP contribution in [0.2, 0.25) is 5.02 Å². The lowest BCUT2D eigenvalue weighted by Crippen LogP contribution is -2.22. The molecule has 0 saturated heterocycles. The fraction of sp³-hybridized carbons (Fsp3) is 0.333. The summed E-state index contributed by atoms with van der Waals surface area (Å²) in [5.74, 6) is 0.884. The molecule has 1 fully saturated rings. The number of anilines is 2. The minimum Gasteiger partial charge on any atom is -0.380 e. The van der Waals surface area contributed by atoms with Crippen LogP contribution in [0, 0.1) is 6.92 Å². The molecule has 150 valence electrons. The van der Waals surface area contributed by atoms with Crippen LogP contribution < -0.4 is 10.6 Å². The van der Waals surface area contributed by atoms with Crippen molar-refractivity contribution in [2.75, 3.05) is 10.6 Å². The predicted molar refractivity (Wildman–Crippen MR) is 121 cm³/mol. The second kappa shape index (κ2) is 9.27. The molecule has 29 heavy (non-hydrogen) atoms. The molecule has 5 heteroatoms. The molecule has 0 bridgehead atoms. The molecular formula is C24H27ClN4. The second-order valence-electron chi connectivity index (χ2n) is 7.83. The standard InChI is InChI=1S/C24H27ClN4/c1-17-6-5-7-18(10-17)13-27-21-11-19(14-26-15-21)22-12-24(28-16-23(22)25)29-20-8-3-2-4-9-20/h5-7,10-12,14-16,20,27H,2-4,8-9,13H2,1H3,(H,28,29). The number of halogens is 1. The van der Waals surface area contributed by atoms with Crippen molar-refractivity contribution in [3.05, 3.63) is 71.1 Å². The van der Waals surface area contributed by atoms with Crippen LogP contribution in [0.3, 0.4) is 0 Å². The number of aromatic nitrogens is 2. The highest BCUT2D eigenvalue weighted by Crippen LogP contribution is 2.31. The third-order valence-corrected chi connectivity index (χ3v) is 5.74. The van der Waals surface area contributed by atoms with Crippen LogP contribution in [0.25, 0.3) is 11.1 Å². The van der Waals surface area contributed by atoms with E-state index in [0.717, 1.165) is 29.2 Å². The maximum absolute atomic E-state index is 6.48. The third kappa shape index (κ3) is 5.27. The fourth-order valence-electron chi connectivity index (χ4n) is 3.91. The van der Waals surface area contributed by atoms with E-state index in [2.05, 4.69) is 57.9 Å². The van der Waals surface area contributed by atoms with E-state index in [1.165, 1.54) is 43.2 Å². The number of hydrogen-bond donors (Lipinski definition) is 2. The Bertz CT molecular complexity index is 967. The molecule has 4 nitrogen and oxygen atoms in total. The van der Waals surface area contributed by atoms with Gasteiger partial charge in [-0.25, -0.2) is 4.98 Å². The smallest absolute Gasteiger partial charge is 0.126 e. The summed E-state index contributed by atoms with van der Waals surface area (Å²) in [6.45, 7) is 2.86. The molecule has 1 aromatic carbocycles. The highest BCUT2D eigenvalue weighted by atomic mass is 35.5. The van der Waals surface area contributed by atoms with Gasteiger partial charge in [-0.2, -0.15) is 0 Å². The summed E-state index contributed by atoms with van der Waals surface area (Å²) in [7, 11) is 0. The Hall–Kier alpha value is -2.59. The summed E-state index contributed by atoms with van der Waals surface area (Å²) < 4.78 is 0. The summed E-state index contributed by atoms with van der Waals surface area (Å²) in [5, 5.41) is 7.68. The Morgan fingerprint density at radius 1 is 1.03 bits per heavy atom. The lowest BCUT2D eigenvalue weighted by molar-refractivity contribution is 0.462. The van der Waals surface area contributed by atoms with Gasteiger partial charge < -0.3 is 10.6 Å². The molecule has 0 aliphatic heterocycles. The number of benzene rings is 1. The molecule has 1 aliphatic carbocycles. The maximum atomic E-state index is 6.48. The Morgan fingerprint density at radius 2 is 1.90 bits per heavy atom. The molecule has 2 aromatic heterocycles. The minimum absolute atomic E-state index is 0.505. The number of aryl methyl sites for hydroxylation is 1. The number of nitrogens with one attached hydrogen (secondary N) is 2. The monoisotopic (exact) mass is 406 g/mol. The molecule has 0 spiro atoms. The first kappa shape index (κ1) is 19.7. The normalized spacial score (nSPS) is 14.6. The largest absolute Gasteiger partial charge is 0.380 e. The molecule has 2 heterocycles. The Labute approximate surface area is 177 Å². The van der Waals surface area contributed by atoms with Gasteiger partial charge in [-0.05, 0) is 37.5 Å². The molecule has 0 atom stereocenters. The van der Waals surface area contributed by atoms with Crippen LogP contribution >= 0.6 is 11.6 Å². The van der Waals surface area contributed by atoms with Crippen LogP contribution in [0.4, 0.5) is 11.5 Å². The molecule has 3 aromatic rings. The van der Waals surface area contributed by atoms with Gasteiger partial charge in [0, 0.05) is 42.3 Å². The first-order valence-corrected chi connectivity index (χ1v) is 10.7. The van der Waals surface area contributed by atoms with Gasteiger partial charge in [0.2, 0.25) is 0 Å². The van der Waals surface area contributed by atoms with E-state index in [4.69, 9.17) is 11.6 Å².